The second-order valence-electron chi connectivity index (χ2n) is 5.83. The molecule has 1 aliphatic carbocycles. The molecule has 0 bridgehead atoms. The monoisotopic (exact) mass is 241 g/mol. The Kier molecular flexibility index (Phi) is 3.73. The molecule has 1 aliphatic heterocycles. The van der Waals surface area contributed by atoms with Gasteiger partial charge in [-0.1, -0.05) is 26.2 Å². The van der Waals surface area contributed by atoms with Gasteiger partial charge in [0.05, 0.1) is 6.61 Å². The van der Waals surface area contributed by atoms with Gasteiger partial charge in [-0.15, -0.1) is 0 Å². The minimum Gasteiger partial charge on any atom is -0.386 e. The van der Waals surface area contributed by atoms with Crippen LogP contribution in [0.2, 0.25) is 0 Å². The van der Waals surface area contributed by atoms with Crippen LogP contribution in [0.15, 0.2) is 0 Å². The predicted octanol–water partition coefficient (Wildman–Crippen LogP) is 1.22. The van der Waals surface area contributed by atoms with Crippen LogP contribution in [0.25, 0.3) is 0 Å². The second kappa shape index (κ2) is 4.94. The lowest BCUT2D eigenvalue weighted by molar-refractivity contribution is -0.133. The summed E-state index contributed by atoms with van der Waals surface area (Å²) in [7, 11) is 0. The van der Waals surface area contributed by atoms with Gasteiger partial charge in [-0.25, -0.2) is 0 Å². The third-order valence-electron chi connectivity index (χ3n) is 4.17. The lowest BCUT2D eigenvalue weighted by Crippen LogP contribution is -2.48. The number of hydrogen-bond donors (Lipinski definition) is 2. The molecule has 1 saturated carbocycles. The van der Waals surface area contributed by atoms with Crippen molar-refractivity contribution in [3.05, 3.63) is 0 Å². The standard InChI is InChI=1S/C13H23NO3/c1-12(5-3-2-4-6-12)11(15)14-9-13(16)7-8-17-10-13/h16H,2-10H2,1H3,(H,14,15). The van der Waals surface area contributed by atoms with E-state index in [1.807, 2.05) is 6.92 Å². The summed E-state index contributed by atoms with van der Waals surface area (Å²) in [5, 5.41) is 13.0. The van der Waals surface area contributed by atoms with Crippen molar-refractivity contribution in [2.75, 3.05) is 19.8 Å². The van der Waals surface area contributed by atoms with E-state index in [4.69, 9.17) is 4.74 Å². The SMILES string of the molecule is CC1(C(=O)NCC2(O)CCOC2)CCCCC1. The lowest BCUT2D eigenvalue weighted by Gasteiger charge is -2.33. The van der Waals surface area contributed by atoms with Crippen LogP contribution < -0.4 is 5.32 Å². The quantitative estimate of drug-likeness (QED) is 0.781. The molecule has 4 heteroatoms. The normalized spacial score (nSPS) is 32.4. The summed E-state index contributed by atoms with van der Waals surface area (Å²) in [6, 6.07) is 0. The first-order chi connectivity index (χ1) is 8.04. The Labute approximate surface area is 103 Å². The van der Waals surface area contributed by atoms with Crippen LogP contribution in [0, 0.1) is 5.41 Å². The molecule has 2 aliphatic rings. The average molecular weight is 241 g/mol. The lowest BCUT2D eigenvalue weighted by atomic mass is 9.75. The maximum Gasteiger partial charge on any atom is 0.226 e. The van der Waals surface area contributed by atoms with Crippen LogP contribution in [0.1, 0.15) is 45.4 Å². The molecular formula is C13H23NO3. The molecule has 0 aromatic carbocycles. The predicted molar refractivity (Wildman–Crippen MR) is 64.6 cm³/mol. The average Bonchev–Trinajstić information content (AvgIpc) is 2.75. The van der Waals surface area contributed by atoms with Crippen molar-refractivity contribution in [3.63, 3.8) is 0 Å². The van der Waals surface area contributed by atoms with Gasteiger partial charge in [0.1, 0.15) is 5.60 Å². The summed E-state index contributed by atoms with van der Waals surface area (Å²) in [6.07, 6.45) is 6.06. The van der Waals surface area contributed by atoms with E-state index in [-0.39, 0.29) is 11.3 Å². The first-order valence-corrected chi connectivity index (χ1v) is 6.63. The minimum absolute atomic E-state index is 0.0949. The first kappa shape index (κ1) is 12.8. The Morgan fingerprint density at radius 2 is 2.00 bits per heavy atom. The molecule has 17 heavy (non-hydrogen) atoms. The molecule has 2 N–H and O–H groups in total. The molecule has 0 aromatic heterocycles. The Bertz CT molecular complexity index is 278. The summed E-state index contributed by atoms with van der Waals surface area (Å²) in [6.45, 7) is 3.28. The van der Waals surface area contributed by atoms with Crippen molar-refractivity contribution in [1.29, 1.82) is 0 Å². The zero-order valence-corrected chi connectivity index (χ0v) is 10.6. The largest absolute Gasteiger partial charge is 0.386 e. The zero-order valence-electron chi connectivity index (χ0n) is 10.6. The number of nitrogens with one attached hydrogen (secondary N) is 1. The Morgan fingerprint density at radius 1 is 1.29 bits per heavy atom. The van der Waals surface area contributed by atoms with Gasteiger partial charge >= 0.3 is 0 Å². The number of aliphatic hydroxyl groups is 1. The fraction of sp³-hybridized carbons (Fsp3) is 0.923. The smallest absolute Gasteiger partial charge is 0.226 e. The summed E-state index contributed by atoms with van der Waals surface area (Å²) >= 11 is 0. The van der Waals surface area contributed by atoms with Gasteiger partial charge in [-0.05, 0) is 12.8 Å². The molecule has 1 amide bonds. The van der Waals surface area contributed by atoms with Gasteiger partial charge in [-0.3, -0.25) is 4.79 Å². The van der Waals surface area contributed by atoms with Gasteiger partial charge in [0.2, 0.25) is 5.91 Å². The topological polar surface area (TPSA) is 58.6 Å². The van der Waals surface area contributed by atoms with Crippen LogP contribution in [-0.4, -0.2) is 36.4 Å². The van der Waals surface area contributed by atoms with E-state index >= 15 is 0 Å². The van der Waals surface area contributed by atoms with Crippen LogP contribution in [-0.2, 0) is 9.53 Å². The summed E-state index contributed by atoms with van der Waals surface area (Å²) in [5.74, 6) is 0.0949. The van der Waals surface area contributed by atoms with E-state index in [0.29, 0.717) is 26.2 Å². The van der Waals surface area contributed by atoms with E-state index in [1.165, 1.54) is 6.42 Å². The first-order valence-electron chi connectivity index (χ1n) is 6.63. The molecule has 0 aromatic rings. The molecule has 0 spiro atoms. The Hall–Kier alpha value is -0.610. The molecule has 4 nitrogen and oxygen atoms in total. The Morgan fingerprint density at radius 3 is 2.59 bits per heavy atom. The van der Waals surface area contributed by atoms with Gasteiger partial charge in [-0.2, -0.15) is 0 Å². The van der Waals surface area contributed by atoms with Gasteiger partial charge in [0, 0.05) is 25.0 Å². The minimum atomic E-state index is -0.847. The maximum absolute atomic E-state index is 12.2. The molecule has 0 radical (unpaired) electrons. The number of ether oxygens (including phenoxy) is 1. The number of amides is 1. The second-order valence-corrected chi connectivity index (χ2v) is 5.83. The maximum atomic E-state index is 12.2. The molecule has 1 saturated heterocycles. The van der Waals surface area contributed by atoms with Crippen LogP contribution in [0.3, 0.4) is 0 Å². The van der Waals surface area contributed by atoms with E-state index < -0.39 is 5.60 Å². The molecule has 1 heterocycles. The molecular weight excluding hydrogens is 218 g/mol. The Balaban J connectivity index is 1.84. The fourth-order valence-electron chi connectivity index (χ4n) is 2.75. The number of rotatable bonds is 3. The van der Waals surface area contributed by atoms with Crippen LogP contribution in [0.4, 0.5) is 0 Å². The summed E-state index contributed by atoms with van der Waals surface area (Å²) in [5.41, 5.74) is -1.07. The van der Waals surface area contributed by atoms with E-state index in [0.717, 1.165) is 25.7 Å². The molecule has 1 atom stereocenters. The van der Waals surface area contributed by atoms with Crippen molar-refractivity contribution in [3.8, 4) is 0 Å². The number of carbonyl (C=O) groups excluding carboxylic acids is 1. The highest BCUT2D eigenvalue weighted by atomic mass is 16.5. The summed E-state index contributed by atoms with van der Waals surface area (Å²) < 4.78 is 5.16. The fourth-order valence-corrected chi connectivity index (χ4v) is 2.75. The highest BCUT2D eigenvalue weighted by Gasteiger charge is 2.37. The summed E-state index contributed by atoms with van der Waals surface area (Å²) in [4.78, 5) is 12.2. The number of carbonyl (C=O) groups is 1. The zero-order chi connectivity index (χ0) is 12.4. The van der Waals surface area contributed by atoms with Gasteiger partial charge in [0.15, 0.2) is 0 Å². The van der Waals surface area contributed by atoms with E-state index in [1.54, 1.807) is 0 Å². The highest BCUT2D eigenvalue weighted by Crippen LogP contribution is 2.35. The highest BCUT2D eigenvalue weighted by molar-refractivity contribution is 5.82. The van der Waals surface area contributed by atoms with Crippen molar-refractivity contribution in [2.45, 2.75) is 51.0 Å². The van der Waals surface area contributed by atoms with Crippen LogP contribution >= 0.6 is 0 Å². The molecule has 1 unspecified atom stereocenters. The third-order valence-corrected chi connectivity index (χ3v) is 4.17. The molecule has 2 rings (SSSR count). The van der Waals surface area contributed by atoms with Crippen molar-refractivity contribution in [2.24, 2.45) is 5.41 Å². The van der Waals surface area contributed by atoms with Crippen LogP contribution in [0.5, 0.6) is 0 Å². The van der Waals surface area contributed by atoms with E-state index in [9.17, 15) is 9.90 Å². The van der Waals surface area contributed by atoms with Gasteiger partial charge < -0.3 is 15.2 Å². The van der Waals surface area contributed by atoms with Gasteiger partial charge in [0.25, 0.3) is 0 Å². The third kappa shape index (κ3) is 2.99. The van der Waals surface area contributed by atoms with E-state index in [2.05, 4.69) is 5.32 Å². The number of hydrogen-bond acceptors (Lipinski definition) is 3. The van der Waals surface area contributed by atoms with Crippen molar-refractivity contribution < 1.29 is 14.6 Å². The van der Waals surface area contributed by atoms with Crippen molar-refractivity contribution in [1.82, 2.24) is 5.32 Å². The van der Waals surface area contributed by atoms with Crippen molar-refractivity contribution >= 4 is 5.91 Å². The molecule has 2 fully saturated rings. The molecule has 98 valence electrons.